The number of phenolic OH excluding ortho intramolecular Hbond substituents is 2. The standard InChI is InChI=1S/C18H23NO3/c1-13(2-3-14-4-8-16(21)9-5-14)19-18(12-20)15-6-10-17(22)11-7-15/h4-11,13,18-22H,2-3,12H2,1H3. The molecule has 0 saturated carbocycles. The minimum absolute atomic E-state index is 0.00826. The van der Waals surface area contributed by atoms with Gasteiger partial charge < -0.3 is 20.6 Å². The number of phenols is 2. The zero-order valence-corrected chi connectivity index (χ0v) is 12.7. The molecule has 0 aliphatic carbocycles. The lowest BCUT2D eigenvalue weighted by molar-refractivity contribution is 0.233. The Labute approximate surface area is 131 Å². The molecule has 0 saturated heterocycles. The SMILES string of the molecule is CC(CCc1ccc(O)cc1)NC(CO)c1ccc(O)cc1. The summed E-state index contributed by atoms with van der Waals surface area (Å²) in [6.07, 6.45) is 1.83. The molecule has 4 N–H and O–H groups in total. The van der Waals surface area contributed by atoms with Crippen molar-refractivity contribution >= 4 is 0 Å². The predicted octanol–water partition coefficient (Wildman–Crippen LogP) is 2.74. The lowest BCUT2D eigenvalue weighted by atomic mass is 10.0. The molecule has 118 valence electrons. The predicted molar refractivity (Wildman–Crippen MR) is 87.0 cm³/mol. The lowest BCUT2D eigenvalue weighted by Crippen LogP contribution is -2.33. The molecule has 0 aliphatic rings. The van der Waals surface area contributed by atoms with Crippen LogP contribution in [-0.4, -0.2) is 28.0 Å². The van der Waals surface area contributed by atoms with Gasteiger partial charge in [-0.05, 0) is 55.2 Å². The molecule has 0 fully saturated rings. The monoisotopic (exact) mass is 301 g/mol. The summed E-state index contributed by atoms with van der Waals surface area (Å²) < 4.78 is 0. The Hall–Kier alpha value is -2.04. The van der Waals surface area contributed by atoms with Crippen molar-refractivity contribution in [3.8, 4) is 11.5 Å². The zero-order valence-electron chi connectivity index (χ0n) is 12.7. The van der Waals surface area contributed by atoms with Crippen LogP contribution in [0.3, 0.4) is 0 Å². The van der Waals surface area contributed by atoms with E-state index in [2.05, 4.69) is 12.2 Å². The van der Waals surface area contributed by atoms with Crippen molar-refractivity contribution in [1.82, 2.24) is 5.32 Å². The van der Waals surface area contributed by atoms with Crippen molar-refractivity contribution < 1.29 is 15.3 Å². The number of aliphatic hydroxyl groups excluding tert-OH is 1. The van der Waals surface area contributed by atoms with E-state index in [-0.39, 0.29) is 30.2 Å². The minimum atomic E-state index is -0.143. The van der Waals surface area contributed by atoms with Gasteiger partial charge in [-0.25, -0.2) is 0 Å². The maximum Gasteiger partial charge on any atom is 0.115 e. The fourth-order valence-electron chi connectivity index (χ4n) is 2.43. The van der Waals surface area contributed by atoms with Crippen molar-refractivity contribution in [3.63, 3.8) is 0 Å². The maximum absolute atomic E-state index is 9.56. The molecule has 0 aromatic heterocycles. The Morgan fingerprint density at radius 3 is 2.00 bits per heavy atom. The van der Waals surface area contributed by atoms with E-state index < -0.39 is 0 Å². The van der Waals surface area contributed by atoms with Crippen LogP contribution in [0.1, 0.15) is 30.5 Å². The van der Waals surface area contributed by atoms with E-state index in [1.807, 2.05) is 24.3 Å². The van der Waals surface area contributed by atoms with Crippen molar-refractivity contribution in [2.75, 3.05) is 6.61 Å². The summed E-state index contributed by atoms with van der Waals surface area (Å²) in [5.74, 6) is 0.503. The number of aryl methyl sites for hydroxylation is 1. The quantitative estimate of drug-likeness (QED) is 0.634. The maximum atomic E-state index is 9.56. The number of aliphatic hydroxyl groups is 1. The van der Waals surface area contributed by atoms with Crippen LogP contribution >= 0.6 is 0 Å². The molecule has 0 amide bonds. The molecule has 2 atom stereocenters. The molecular weight excluding hydrogens is 278 g/mol. The normalized spacial score (nSPS) is 13.7. The smallest absolute Gasteiger partial charge is 0.115 e. The van der Waals surface area contributed by atoms with Crippen LogP contribution in [0.4, 0.5) is 0 Å². The average molecular weight is 301 g/mol. The first-order valence-corrected chi connectivity index (χ1v) is 7.52. The molecule has 4 heteroatoms. The Morgan fingerprint density at radius 1 is 0.909 bits per heavy atom. The lowest BCUT2D eigenvalue weighted by Gasteiger charge is -2.22. The summed E-state index contributed by atoms with van der Waals surface area (Å²) in [5, 5.41) is 31.6. The number of aromatic hydroxyl groups is 2. The molecule has 2 aromatic rings. The summed E-state index contributed by atoms with van der Waals surface area (Å²) in [6, 6.07) is 14.2. The first-order chi connectivity index (χ1) is 10.6. The van der Waals surface area contributed by atoms with Gasteiger partial charge in [-0.15, -0.1) is 0 Å². The fraction of sp³-hybridized carbons (Fsp3) is 0.333. The molecule has 22 heavy (non-hydrogen) atoms. The summed E-state index contributed by atoms with van der Waals surface area (Å²) in [5.41, 5.74) is 2.13. The van der Waals surface area contributed by atoms with Gasteiger partial charge in [0, 0.05) is 6.04 Å². The van der Waals surface area contributed by atoms with Crippen LogP contribution in [0.25, 0.3) is 0 Å². The van der Waals surface area contributed by atoms with Gasteiger partial charge in [0.25, 0.3) is 0 Å². The molecule has 0 heterocycles. The average Bonchev–Trinajstić information content (AvgIpc) is 2.53. The van der Waals surface area contributed by atoms with E-state index in [4.69, 9.17) is 0 Å². The van der Waals surface area contributed by atoms with E-state index in [9.17, 15) is 15.3 Å². The van der Waals surface area contributed by atoms with Crippen LogP contribution in [0.5, 0.6) is 11.5 Å². The largest absolute Gasteiger partial charge is 0.508 e. The van der Waals surface area contributed by atoms with Crippen LogP contribution in [0.15, 0.2) is 48.5 Å². The highest BCUT2D eigenvalue weighted by Crippen LogP contribution is 2.18. The van der Waals surface area contributed by atoms with E-state index >= 15 is 0 Å². The Bertz CT molecular complexity index is 566. The van der Waals surface area contributed by atoms with Gasteiger partial charge in [-0.2, -0.15) is 0 Å². The van der Waals surface area contributed by atoms with Crippen LogP contribution < -0.4 is 5.32 Å². The molecule has 0 radical (unpaired) electrons. The summed E-state index contributed by atoms with van der Waals surface area (Å²) >= 11 is 0. The summed E-state index contributed by atoms with van der Waals surface area (Å²) in [6.45, 7) is 2.10. The zero-order chi connectivity index (χ0) is 15.9. The van der Waals surface area contributed by atoms with Crippen molar-refractivity contribution in [2.45, 2.75) is 31.8 Å². The fourth-order valence-corrected chi connectivity index (χ4v) is 2.43. The number of hydrogen-bond acceptors (Lipinski definition) is 4. The van der Waals surface area contributed by atoms with Crippen LogP contribution in [0, 0.1) is 0 Å². The second-order valence-corrected chi connectivity index (χ2v) is 5.60. The molecular formula is C18H23NO3. The third-order valence-corrected chi connectivity index (χ3v) is 3.77. The van der Waals surface area contributed by atoms with Gasteiger partial charge in [-0.1, -0.05) is 24.3 Å². The van der Waals surface area contributed by atoms with Gasteiger partial charge in [-0.3, -0.25) is 0 Å². The van der Waals surface area contributed by atoms with Gasteiger partial charge in [0.1, 0.15) is 11.5 Å². The molecule has 2 aromatic carbocycles. The number of benzene rings is 2. The van der Waals surface area contributed by atoms with Crippen LogP contribution in [-0.2, 0) is 6.42 Å². The Kier molecular flexibility index (Phi) is 5.81. The van der Waals surface area contributed by atoms with Gasteiger partial charge in [0.15, 0.2) is 0 Å². The first kappa shape index (κ1) is 16.3. The third kappa shape index (κ3) is 4.76. The second-order valence-electron chi connectivity index (χ2n) is 5.60. The van der Waals surface area contributed by atoms with Crippen molar-refractivity contribution in [1.29, 1.82) is 0 Å². The van der Waals surface area contributed by atoms with E-state index in [0.29, 0.717) is 0 Å². The topological polar surface area (TPSA) is 72.7 Å². The first-order valence-electron chi connectivity index (χ1n) is 7.52. The Morgan fingerprint density at radius 2 is 1.45 bits per heavy atom. The highest BCUT2D eigenvalue weighted by Gasteiger charge is 2.13. The summed E-state index contributed by atoms with van der Waals surface area (Å²) in [7, 11) is 0. The van der Waals surface area contributed by atoms with Crippen LogP contribution in [0.2, 0.25) is 0 Å². The number of hydrogen-bond donors (Lipinski definition) is 4. The van der Waals surface area contributed by atoms with E-state index in [0.717, 1.165) is 18.4 Å². The highest BCUT2D eigenvalue weighted by molar-refractivity contribution is 5.28. The Balaban J connectivity index is 1.87. The van der Waals surface area contributed by atoms with E-state index in [1.54, 1.807) is 24.3 Å². The van der Waals surface area contributed by atoms with Gasteiger partial charge >= 0.3 is 0 Å². The molecule has 0 bridgehead atoms. The number of nitrogens with one attached hydrogen (secondary N) is 1. The molecule has 2 unspecified atom stereocenters. The van der Waals surface area contributed by atoms with Gasteiger partial charge in [0.05, 0.1) is 12.6 Å². The third-order valence-electron chi connectivity index (χ3n) is 3.77. The van der Waals surface area contributed by atoms with Crippen molar-refractivity contribution in [3.05, 3.63) is 59.7 Å². The molecule has 0 spiro atoms. The molecule has 0 aliphatic heterocycles. The van der Waals surface area contributed by atoms with Gasteiger partial charge in [0.2, 0.25) is 0 Å². The minimum Gasteiger partial charge on any atom is -0.508 e. The van der Waals surface area contributed by atoms with E-state index in [1.165, 1.54) is 5.56 Å². The second kappa shape index (κ2) is 7.82. The molecule has 2 rings (SSSR count). The van der Waals surface area contributed by atoms with Crippen molar-refractivity contribution in [2.24, 2.45) is 0 Å². The number of rotatable bonds is 7. The highest BCUT2D eigenvalue weighted by atomic mass is 16.3. The summed E-state index contributed by atoms with van der Waals surface area (Å²) in [4.78, 5) is 0. The molecule has 4 nitrogen and oxygen atoms in total.